The Bertz CT molecular complexity index is 734. The first kappa shape index (κ1) is 16.6. The van der Waals surface area contributed by atoms with Gasteiger partial charge in [-0.1, -0.05) is 23.7 Å². The molecule has 23 heavy (non-hydrogen) atoms. The SMILES string of the molecule is CCOc1ccccc1NC(=O)C(=O)Nc1ccc(N)cc1Cl. The number of rotatable bonds is 4. The molecule has 0 saturated heterocycles. The maximum atomic E-state index is 12.0. The van der Waals surface area contributed by atoms with Gasteiger partial charge in [0.1, 0.15) is 5.75 Å². The summed E-state index contributed by atoms with van der Waals surface area (Å²) < 4.78 is 5.39. The molecule has 0 spiro atoms. The van der Waals surface area contributed by atoms with Crippen LogP contribution < -0.4 is 21.1 Å². The fourth-order valence-corrected chi connectivity index (χ4v) is 2.08. The number of halogens is 1. The van der Waals surface area contributed by atoms with Crippen molar-refractivity contribution in [3.05, 3.63) is 47.5 Å². The van der Waals surface area contributed by atoms with Gasteiger partial charge in [0.05, 0.1) is 23.0 Å². The molecule has 0 radical (unpaired) electrons. The number of carbonyl (C=O) groups is 2. The summed E-state index contributed by atoms with van der Waals surface area (Å²) in [5.41, 5.74) is 6.76. The zero-order chi connectivity index (χ0) is 16.8. The fourth-order valence-electron chi connectivity index (χ4n) is 1.84. The summed E-state index contributed by atoms with van der Waals surface area (Å²) in [7, 11) is 0. The van der Waals surface area contributed by atoms with E-state index >= 15 is 0 Å². The minimum Gasteiger partial charge on any atom is -0.492 e. The van der Waals surface area contributed by atoms with Gasteiger partial charge in [-0.15, -0.1) is 0 Å². The van der Waals surface area contributed by atoms with Crippen molar-refractivity contribution in [2.45, 2.75) is 6.92 Å². The third-order valence-corrected chi connectivity index (χ3v) is 3.20. The average molecular weight is 334 g/mol. The van der Waals surface area contributed by atoms with Gasteiger partial charge in [-0.3, -0.25) is 9.59 Å². The Morgan fingerprint density at radius 3 is 2.39 bits per heavy atom. The zero-order valence-electron chi connectivity index (χ0n) is 12.4. The first-order valence-electron chi connectivity index (χ1n) is 6.90. The van der Waals surface area contributed by atoms with Crippen LogP contribution >= 0.6 is 11.6 Å². The minimum absolute atomic E-state index is 0.251. The van der Waals surface area contributed by atoms with Gasteiger partial charge in [0.25, 0.3) is 0 Å². The van der Waals surface area contributed by atoms with Crippen LogP contribution in [0.2, 0.25) is 5.02 Å². The molecule has 4 N–H and O–H groups in total. The topological polar surface area (TPSA) is 93.4 Å². The van der Waals surface area contributed by atoms with Gasteiger partial charge in [0.15, 0.2) is 0 Å². The van der Waals surface area contributed by atoms with E-state index in [4.69, 9.17) is 22.1 Å². The summed E-state index contributed by atoms with van der Waals surface area (Å²) in [6, 6.07) is 11.4. The molecule has 0 atom stereocenters. The van der Waals surface area contributed by atoms with Crippen molar-refractivity contribution >= 4 is 40.5 Å². The van der Waals surface area contributed by atoms with E-state index in [1.54, 1.807) is 30.3 Å². The number of amides is 2. The Balaban J connectivity index is 2.07. The van der Waals surface area contributed by atoms with Crippen molar-refractivity contribution in [1.82, 2.24) is 0 Å². The van der Waals surface area contributed by atoms with Crippen LogP contribution in [0.4, 0.5) is 17.1 Å². The lowest BCUT2D eigenvalue weighted by Gasteiger charge is -2.11. The van der Waals surface area contributed by atoms with Crippen LogP contribution in [0.3, 0.4) is 0 Å². The van der Waals surface area contributed by atoms with Gasteiger partial charge >= 0.3 is 11.8 Å². The Labute approximate surface area is 138 Å². The van der Waals surface area contributed by atoms with Crippen LogP contribution in [-0.4, -0.2) is 18.4 Å². The Hall–Kier alpha value is -2.73. The first-order valence-corrected chi connectivity index (χ1v) is 7.28. The second kappa shape index (κ2) is 7.51. The second-order valence-corrected chi connectivity index (χ2v) is 4.98. The van der Waals surface area contributed by atoms with E-state index < -0.39 is 11.8 Å². The van der Waals surface area contributed by atoms with Gasteiger partial charge in [0, 0.05) is 5.69 Å². The number of anilines is 3. The van der Waals surface area contributed by atoms with Crippen LogP contribution in [0.15, 0.2) is 42.5 Å². The summed E-state index contributed by atoms with van der Waals surface area (Å²) >= 11 is 5.96. The van der Waals surface area contributed by atoms with Gasteiger partial charge in [-0.25, -0.2) is 0 Å². The molecule has 0 bridgehead atoms. The monoisotopic (exact) mass is 333 g/mol. The molecule has 120 valence electrons. The average Bonchev–Trinajstić information content (AvgIpc) is 2.52. The van der Waals surface area contributed by atoms with Crippen molar-refractivity contribution in [3.8, 4) is 5.75 Å². The maximum Gasteiger partial charge on any atom is 0.314 e. The molecule has 2 amide bonds. The van der Waals surface area contributed by atoms with Crippen LogP contribution in [0.25, 0.3) is 0 Å². The highest BCUT2D eigenvalue weighted by atomic mass is 35.5. The van der Waals surface area contributed by atoms with Crippen LogP contribution in [-0.2, 0) is 9.59 Å². The van der Waals surface area contributed by atoms with Crippen molar-refractivity contribution in [3.63, 3.8) is 0 Å². The molecule has 2 aromatic carbocycles. The molecule has 0 aliphatic rings. The Morgan fingerprint density at radius 1 is 1.09 bits per heavy atom. The Morgan fingerprint density at radius 2 is 1.74 bits per heavy atom. The number of benzene rings is 2. The molecule has 2 aromatic rings. The van der Waals surface area contributed by atoms with Crippen LogP contribution in [0.5, 0.6) is 5.75 Å². The molecule has 0 aromatic heterocycles. The number of hydrogen-bond donors (Lipinski definition) is 3. The van der Waals surface area contributed by atoms with E-state index in [9.17, 15) is 9.59 Å². The number of hydrogen-bond acceptors (Lipinski definition) is 4. The fraction of sp³-hybridized carbons (Fsp3) is 0.125. The Kier molecular flexibility index (Phi) is 5.43. The molecule has 0 aliphatic carbocycles. The minimum atomic E-state index is -0.844. The van der Waals surface area contributed by atoms with E-state index in [0.717, 1.165) is 0 Å². The standard InChI is InChI=1S/C16H16ClN3O3/c1-2-23-14-6-4-3-5-13(14)20-16(22)15(21)19-12-8-7-10(18)9-11(12)17/h3-9H,2,18H2,1H3,(H,19,21)(H,20,22). The second-order valence-electron chi connectivity index (χ2n) is 4.58. The summed E-state index contributed by atoms with van der Waals surface area (Å²) in [6.45, 7) is 2.27. The molecule has 0 saturated carbocycles. The highest BCUT2D eigenvalue weighted by molar-refractivity contribution is 6.45. The lowest BCUT2D eigenvalue weighted by Crippen LogP contribution is -2.29. The van der Waals surface area contributed by atoms with Crippen molar-refractivity contribution in [2.24, 2.45) is 0 Å². The third-order valence-electron chi connectivity index (χ3n) is 2.88. The molecule has 0 unspecified atom stereocenters. The first-order chi connectivity index (χ1) is 11.0. The van der Waals surface area contributed by atoms with Crippen molar-refractivity contribution in [1.29, 1.82) is 0 Å². The number of nitrogen functional groups attached to an aromatic ring is 1. The summed E-state index contributed by atoms with van der Waals surface area (Å²) in [6.07, 6.45) is 0. The van der Waals surface area contributed by atoms with E-state index in [-0.39, 0.29) is 5.02 Å². The van der Waals surface area contributed by atoms with Crippen LogP contribution in [0, 0.1) is 0 Å². The predicted octanol–water partition coefficient (Wildman–Crippen LogP) is 2.90. The predicted molar refractivity (Wildman–Crippen MR) is 90.7 cm³/mol. The highest BCUT2D eigenvalue weighted by Gasteiger charge is 2.17. The zero-order valence-corrected chi connectivity index (χ0v) is 13.2. The lowest BCUT2D eigenvalue weighted by molar-refractivity contribution is -0.133. The van der Waals surface area contributed by atoms with E-state index in [0.29, 0.717) is 29.4 Å². The van der Waals surface area contributed by atoms with E-state index in [2.05, 4.69) is 10.6 Å². The summed E-state index contributed by atoms with van der Waals surface area (Å²) in [4.78, 5) is 24.0. The highest BCUT2D eigenvalue weighted by Crippen LogP contribution is 2.25. The smallest absolute Gasteiger partial charge is 0.314 e. The normalized spacial score (nSPS) is 10.0. The third kappa shape index (κ3) is 4.37. The van der Waals surface area contributed by atoms with Gasteiger partial charge in [-0.05, 0) is 37.3 Å². The van der Waals surface area contributed by atoms with Crippen molar-refractivity contribution < 1.29 is 14.3 Å². The molecule has 0 fully saturated rings. The molecule has 2 rings (SSSR count). The van der Waals surface area contributed by atoms with Gasteiger partial charge in [-0.2, -0.15) is 0 Å². The van der Waals surface area contributed by atoms with E-state index in [1.165, 1.54) is 12.1 Å². The van der Waals surface area contributed by atoms with Gasteiger partial charge < -0.3 is 21.1 Å². The molecular formula is C16H16ClN3O3. The number of carbonyl (C=O) groups excluding carboxylic acids is 2. The molecule has 7 heteroatoms. The lowest BCUT2D eigenvalue weighted by atomic mass is 10.2. The molecule has 0 heterocycles. The largest absolute Gasteiger partial charge is 0.492 e. The maximum absolute atomic E-state index is 12.0. The van der Waals surface area contributed by atoms with E-state index in [1.807, 2.05) is 6.92 Å². The summed E-state index contributed by atoms with van der Waals surface area (Å²) in [5, 5.41) is 5.18. The number of nitrogens with one attached hydrogen (secondary N) is 2. The molecule has 0 aliphatic heterocycles. The summed E-state index contributed by atoms with van der Waals surface area (Å²) in [5.74, 6) is -1.19. The van der Waals surface area contributed by atoms with Crippen LogP contribution in [0.1, 0.15) is 6.92 Å². The molecular weight excluding hydrogens is 318 g/mol. The quantitative estimate of drug-likeness (QED) is 0.592. The molecule has 6 nitrogen and oxygen atoms in total. The number of para-hydroxylation sites is 2. The number of nitrogens with two attached hydrogens (primary N) is 1. The van der Waals surface area contributed by atoms with Crippen molar-refractivity contribution in [2.75, 3.05) is 23.0 Å². The number of ether oxygens (including phenoxy) is 1. The van der Waals surface area contributed by atoms with Gasteiger partial charge in [0.2, 0.25) is 0 Å².